The summed E-state index contributed by atoms with van der Waals surface area (Å²) in [5, 5.41) is 3.09. The number of methoxy groups -OCH3 is 1. The Morgan fingerprint density at radius 1 is 1.17 bits per heavy atom. The second-order valence-electron chi connectivity index (χ2n) is 6.85. The van der Waals surface area contributed by atoms with Crippen molar-refractivity contribution in [3.8, 4) is 5.75 Å². The molecule has 0 radical (unpaired) electrons. The molecule has 126 valence electrons. The van der Waals surface area contributed by atoms with Gasteiger partial charge in [-0.3, -0.25) is 9.69 Å². The molecule has 1 aliphatic heterocycles. The summed E-state index contributed by atoms with van der Waals surface area (Å²) in [5.41, 5.74) is 1.45. The van der Waals surface area contributed by atoms with Crippen LogP contribution in [0.3, 0.4) is 0 Å². The summed E-state index contributed by atoms with van der Waals surface area (Å²) in [6.45, 7) is 3.97. The Kier molecular flexibility index (Phi) is 5.21. The lowest BCUT2D eigenvalue weighted by atomic mass is 9.80. The van der Waals surface area contributed by atoms with E-state index in [1.54, 1.807) is 7.11 Å². The van der Waals surface area contributed by atoms with Crippen LogP contribution in [0.1, 0.15) is 50.5 Å². The van der Waals surface area contributed by atoms with Crippen molar-refractivity contribution >= 4 is 5.91 Å². The molecular weight excluding hydrogens is 288 g/mol. The number of hydrogen-bond donors (Lipinski definition) is 1. The molecule has 0 unspecified atom stereocenters. The number of ether oxygens (including phenoxy) is 1. The van der Waals surface area contributed by atoms with Crippen LogP contribution in [0.15, 0.2) is 24.3 Å². The Labute approximate surface area is 139 Å². The minimum Gasteiger partial charge on any atom is -0.497 e. The first kappa shape index (κ1) is 16.3. The van der Waals surface area contributed by atoms with E-state index in [1.165, 1.54) is 31.2 Å². The number of likely N-dealkylation sites (tertiary alicyclic amines) is 1. The van der Waals surface area contributed by atoms with E-state index in [4.69, 9.17) is 4.74 Å². The number of nitrogens with one attached hydrogen (secondary N) is 1. The van der Waals surface area contributed by atoms with E-state index < -0.39 is 0 Å². The van der Waals surface area contributed by atoms with Gasteiger partial charge in [0.1, 0.15) is 5.75 Å². The largest absolute Gasteiger partial charge is 0.497 e. The van der Waals surface area contributed by atoms with Gasteiger partial charge in [-0.15, -0.1) is 0 Å². The highest BCUT2D eigenvalue weighted by atomic mass is 16.5. The number of carbonyl (C=O) groups is 1. The molecule has 1 amide bonds. The Morgan fingerprint density at radius 2 is 1.83 bits per heavy atom. The average Bonchev–Trinajstić information content (AvgIpc) is 2.58. The normalized spacial score (nSPS) is 25.7. The highest BCUT2D eigenvalue weighted by molar-refractivity contribution is 5.76. The summed E-state index contributed by atoms with van der Waals surface area (Å²) in [4.78, 5) is 14.0. The van der Waals surface area contributed by atoms with Crippen molar-refractivity contribution in [1.29, 1.82) is 0 Å². The SMILES string of the molecule is CCC(=O)NC1CN(C2CCC(c3ccc(OC)cc3)CC2)C1. The number of benzene rings is 1. The first-order valence-electron chi connectivity index (χ1n) is 8.87. The number of nitrogens with zero attached hydrogens (tertiary/aromatic N) is 1. The Bertz CT molecular complexity index is 515. The molecule has 1 aliphatic carbocycles. The molecule has 4 nitrogen and oxygen atoms in total. The van der Waals surface area contributed by atoms with Gasteiger partial charge in [0.05, 0.1) is 13.2 Å². The van der Waals surface area contributed by atoms with Crippen LogP contribution in [-0.2, 0) is 4.79 Å². The lowest BCUT2D eigenvalue weighted by molar-refractivity contribution is -0.123. The zero-order valence-corrected chi connectivity index (χ0v) is 14.3. The van der Waals surface area contributed by atoms with Gasteiger partial charge in [0.2, 0.25) is 5.91 Å². The molecule has 0 aromatic heterocycles. The fourth-order valence-electron chi connectivity index (χ4n) is 3.88. The van der Waals surface area contributed by atoms with Crippen molar-refractivity contribution in [1.82, 2.24) is 10.2 Å². The van der Waals surface area contributed by atoms with Crippen molar-refractivity contribution in [3.05, 3.63) is 29.8 Å². The summed E-state index contributed by atoms with van der Waals surface area (Å²) in [6, 6.07) is 9.64. The fraction of sp³-hybridized carbons (Fsp3) is 0.632. The molecule has 1 heterocycles. The van der Waals surface area contributed by atoms with Crippen LogP contribution >= 0.6 is 0 Å². The molecule has 2 aliphatic rings. The van der Waals surface area contributed by atoms with E-state index in [0.29, 0.717) is 24.4 Å². The maximum absolute atomic E-state index is 11.4. The summed E-state index contributed by atoms with van der Waals surface area (Å²) in [6.07, 6.45) is 5.65. The zero-order chi connectivity index (χ0) is 16.2. The highest BCUT2D eigenvalue weighted by Crippen LogP contribution is 2.36. The molecule has 0 spiro atoms. The predicted octanol–water partition coefficient (Wildman–Crippen LogP) is 2.93. The molecule has 1 saturated heterocycles. The standard InChI is InChI=1S/C19H28N2O2/c1-3-19(22)20-16-12-21(13-16)17-8-4-14(5-9-17)15-6-10-18(23-2)11-7-15/h6-7,10-11,14,16-17H,3-5,8-9,12-13H2,1-2H3,(H,20,22). The maximum Gasteiger partial charge on any atom is 0.220 e. The smallest absolute Gasteiger partial charge is 0.220 e. The molecule has 23 heavy (non-hydrogen) atoms. The van der Waals surface area contributed by atoms with Gasteiger partial charge in [-0.2, -0.15) is 0 Å². The second kappa shape index (κ2) is 7.35. The number of hydrogen-bond acceptors (Lipinski definition) is 3. The third-order valence-electron chi connectivity index (χ3n) is 5.40. The van der Waals surface area contributed by atoms with Gasteiger partial charge in [0.25, 0.3) is 0 Å². The topological polar surface area (TPSA) is 41.6 Å². The van der Waals surface area contributed by atoms with Gasteiger partial charge < -0.3 is 10.1 Å². The van der Waals surface area contributed by atoms with Gasteiger partial charge in [-0.05, 0) is 49.3 Å². The molecule has 1 aromatic carbocycles. The molecule has 1 N–H and O–H groups in total. The third-order valence-corrected chi connectivity index (χ3v) is 5.40. The quantitative estimate of drug-likeness (QED) is 0.908. The summed E-state index contributed by atoms with van der Waals surface area (Å²) in [5.74, 6) is 1.80. The van der Waals surface area contributed by atoms with Gasteiger partial charge in [0, 0.05) is 25.6 Å². The van der Waals surface area contributed by atoms with E-state index in [2.05, 4.69) is 34.5 Å². The van der Waals surface area contributed by atoms with E-state index in [0.717, 1.165) is 18.8 Å². The van der Waals surface area contributed by atoms with E-state index in [-0.39, 0.29) is 5.91 Å². The molecular formula is C19H28N2O2. The molecule has 0 bridgehead atoms. The minimum absolute atomic E-state index is 0.179. The predicted molar refractivity (Wildman–Crippen MR) is 91.8 cm³/mol. The van der Waals surface area contributed by atoms with Crippen molar-refractivity contribution in [2.45, 2.75) is 57.0 Å². The Balaban J connectivity index is 1.43. The van der Waals surface area contributed by atoms with Crippen molar-refractivity contribution in [2.24, 2.45) is 0 Å². The Morgan fingerprint density at radius 3 is 2.39 bits per heavy atom. The highest BCUT2D eigenvalue weighted by Gasteiger charge is 2.35. The van der Waals surface area contributed by atoms with E-state index >= 15 is 0 Å². The van der Waals surface area contributed by atoms with Crippen LogP contribution in [0.4, 0.5) is 0 Å². The number of rotatable bonds is 5. The number of amides is 1. The monoisotopic (exact) mass is 316 g/mol. The average molecular weight is 316 g/mol. The van der Waals surface area contributed by atoms with Crippen molar-refractivity contribution < 1.29 is 9.53 Å². The zero-order valence-electron chi connectivity index (χ0n) is 14.3. The summed E-state index contributed by atoms with van der Waals surface area (Å²) in [7, 11) is 1.71. The first-order valence-corrected chi connectivity index (χ1v) is 8.87. The van der Waals surface area contributed by atoms with Crippen LogP contribution in [0.2, 0.25) is 0 Å². The molecule has 1 aromatic rings. The van der Waals surface area contributed by atoms with Crippen LogP contribution in [0, 0.1) is 0 Å². The van der Waals surface area contributed by atoms with Gasteiger partial charge in [-0.1, -0.05) is 19.1 Å². The summed E-state index contributed by atoms with van der Waals surface area (Å²) >= 11 is 0. The fourth-order valence-corrected chi connectivity index (χ4v) is 3.88. The van der Waals surface area contributed by atoms with Gasteiger partial charge in [0.15, 0.2) is 0 Å². The van der Waals surface area contributed by atoms with Gasteiger partial charge >= 0.3 is 0 Å². The van der Waals surface area contributed by atoms with Crippen LogP contribution in [0.25, 0.3) is 0 Å². The third kappa shape index (κ3) is 3.86. The summed E-state index contributed by atoms with van der Waals surface area (Å²) < 4.78 is 5.24. The van der Waals surface area contributed by atoms with Crippen LogP contribution < -0.4 is 10.1 Å². The van der Waals surface area contributed by atoms with Crippen molar-refractivity contribution in [3.63, 3.8) is 0 Å². The molecule has 3 rings (SSSR count). The van der Waals surface area contributed by atoms with Gasteiger partial charge in [-0.25, -0.2) is 0 Å². The molecule has 2 fully saturated rings. The lowest BCUT2D eigenvalue weighted by Crippen LogP contribution is -2.62. The first-order chi connectivity index (χ1) is 11.2. The number of carbonyl (C=O) groups excluding carboxylic acids is 1. The molecule has 1 saturated carbocycles. The van der Waals surface area contributed by atoms with Crippen LogP contribution in [-0.4, -0.2) is 43.1 Å². The van der Waals surface area contributed by atoms with Crippen molar-refractivity contribution in [2.75, 3.05) is 20.2 Å². The lowest BCUT2D eigenvalue weighted by Gasteiger charge is -2.46. The second-order valence-corrected chi connectivity index (χ2v) is 6.85. The Hall–Kier alpha value is -1.55. The van der Waals surface area contributed by atoms with Crippen LogP contribution in [0.5, 0.6) is 5.75 Å². The maximum atomic E-state index is 11.4. The minimum atomic E-state index is 0.179. The van der Waals surface area contributed by atoms with E-state index in [9.17, 15) is 4.79 Å². The molecule has 0 atom stereocenters. The van der Waals surface area contributed by atoms with E-state index in [1.807, 2.05) is 6.92 Å². The molecule has 4 heteroatoms.